The number of aromatic nitrogens is 1. The Kier molecular flexibility index (Phi) is 4.40. The van der Waals surface area contributed by atoms with Gasteiger partial charge in [0.25, 0.3) is 0 Å². The second-order valence-electron chi connectivity index (χ2n) is 5.96. The average Bonchev–Trinajstić information content (AvgIpc) is 2.91. The van der Waals surface area contributed by atoms with Gasteiger partial charge in [-0.3, -0.25) is 0 Å². The normalized spacial score (nSPS) is 10.7. The molecule has 1 heteroatoms. The first kappa shape index (κ1) is 15.3. The van der Waals surface area contributed by atoms with Crippen molar-refractivity contribution in [3.63, 3.8) is 0 Å². The van der Waals surface area contributed by atoms with Crippen molar-refractivity contribution in [3.8, 4) is 24.7 Å². The highest BCUT2D eigenvalue weighted by Crippen LogP contribution is 2.31. The molecule has 114 valence electrons. The maximum atomic E-state index is 5.57. The standard InChI is InChI=1S/C22H21N/c1-4-7-8-9-14-23-21-12-10-17(5-2)15-19(21)20-16-18(6-3)11-13-22(20)23/h2-3,10-13,15-16H,4,7-9,14H2,1H3. The molecular formula is C22H21N. The highest BCUT2D eigenvalue weighted by molar-refractivity contribution is 6.08. The fourth-order valence-corrected chi connectivity index (χ4v) is 3.22. The van der Waals surface area contributed by atoms with Crippen molar-refractivity contribution in [3.05, 3.63) is 47.5 Å². The number of nitrogens with zero attached hydrogens (tertiary/aromatic N) is 1. The molecule has 0 aliphatic carbocycles. The molecule has 3 rings (SSSR count). The topological polar surface area (TPSA) is 4.93 Å². The van der Waals surface area contributed by atoms with Gasteiger partial charge in [0.2, 0.25) is 0 Å². The lowest BCUT2D eigenvalue weighted by atomic mass is 10.1. The van der Waals surface area contributed by atoms with E-state index >= 15 is 0 Å². The zero-order valence-electron chi connectivity index (χ0n) is 13.6. The first-order chi connectivity index (χ1) is 11.3. The summed E-state index contributed by atoms with van der Waals surface area (Å²) in [7, 11) is 0. The number of unbranched alkanes of at least 4 members (excludes halogenated alkanes) is 3. The van der Waals surface area contributed by atoms with Gasteiger partial charge in [0.05, 0.1) is 0 Å². The summed E-state index contributed by atoms with van der Waals surface area (Å²) in [5.41, 5.74) is 4.30. The molecule has 0 spiro atoms. The molecule has 0 bridgehead atoms. The highest BCUT2D eigenvalue weighted by atomic mass is 15.0. The fraction of sp³-hybridized carbons (Fsp3) is 0.273. The SMILES string of the molecule is C#Cc1ccc2c(c1)c1cc(C#C)ccc1n2CCCCCC. The molecule has 1 nitrogen and oxygen atoms in total. The van der Waals surface area contributed by atoms with Crippen molar-refractivity contribution in [1.82, 2.24) is 4.57 Å². The van der Waals surface area contributed by atoms with Gasteiger partial charge in [-0.25, -0.2) is 0 Å². The zero-order chi connectivity index (χ0) is 16.2. The largest absolute Gasteiger partial charge is 0.340 e. The highest BCUT2D eigenvalue weighted by Gasteiger charge is 2.11. The Morgan fingerprint density at radius 1 is 0.826 bits per heavy atom. The number of benzene rings is 2. The van der Waals surface area contributed by atoms with E-state index in [0.29, 0.717) is 0 Å². The second kappa shape index (κ2) is 6.64. The molecule has 0 N–H and O–H groups in total. The molecule has 23 heavy (non-hydrogen) atoms. The van der Waals surface area contributed by atoms with Gasteiger partial charge in [-0.2, -0.15) is 0 Å². The van der Waals surface area contributed by atoms with Crippen LogP contribution < -0.4 is 0 Å². The van der Waals surface area contributed by atoms with E-state index in [9.17, 15) is 0 Å². The van der Waals surface area contributed by atoms with E-state index < -0.39 is 0 Å². The molecule has 0 aliphatic rings. The molecule has 0 unspecified atom stereocenters. The number of rotatable bonds is 5. The summed E-state index contributed by atoms with van der Waals surface area (Å²) in [5.74, 6) is 5.46. The molecule has 1 aromatic heterocycles. The Labute approximate surface area is 138 Å². The Balaban J connectivity index is 2.16. The van der Waals surface area contributed by atoms with E-state index in [0.717, 1.165) is 17.7 Å². The Hall–Kier alpha value is -2.64. The van der Waals surface area contributed by atoms with Crippen LogP contribution in [0.1, 0.15) is 43.7 Å². The van der Waals surface area contributed by atoms with E-state index in [1.807, 2.05) is 12.1 Å². The van der Waals surface area contributed by atoms with Crippen LogP contribution in [0.25, 0.3) is 21.8 Å². The molecule has 0 radical (unpaired) electrons. The van der Waals surface area contributed by atoms with Crippen molar-refractivity contribution in [2.45, 2.75) is 39.2 Å². The lowest BCUT2D eigenvalue weighted by Crippen LogP contribution is -1.97. The molecule has 2 aromatic carbocycles. The van der Waals surface area contributed by atoms with Gasteiger partial charge >= 0.3 is 0 Å². The summed E-state index contributed by atoms with van der Waals surface area (Å²) in [5, 5.41) is 2.39. The molecule has 0 fully saturated rings. The minimum Gasteiger partial charge on any atom is -0.340 e. The van der Waals surface area contributed by atoms with Crippen LogP contribution in [-0.2, 0) is 6.54 Å². The molecule has 0 aliphatic heterocycles. The van der Waals surface area contributed by atoms with Crippen molar-refractivity contribution in [2.24, 2.45) is 0 Å². The monoisotopic (exact) mass is 299 g/mol. The minimum atomic E-state index is 0.911. The fourth-order valence-electron chi connectivity index (χ4n) is 3.22. The number of hydrogen-bond donors (Lipinski definition) is 0. The maximum Gasteiger partial charge on any atom is 0.0492 e. The van der Waals surface area contributed by atoms with Crippen LogP contribution in [0.5, 0.6) is 0 Å². The third kappa shape index (κ3) is 2.84. The van der Waals surface area contributed by atoms with E-state index in [2.05, 4.69) is 47.6 Å². The first-order valence-corrected chi connectivity index (χ1v) is 8.27. The van der Waals surface area contributed by atoms with Gasteiger partial charge < -0.3 is 4.57 Å². The smallest absolute Gasteiger partial charge is 0.0492 e. The van der Waals surface area contributed by atoms with Crippen LogP contribution in [0.4, 0.5) is 0 Å². The summed E-state index contributed by atoms with van der Waals surface area (Å²) in [6, 6.07) is 12.5. The van der Waals surface area contributed by atoms with Crippen molar-refractivity contribution in [2.75, 3.05) is 0 Å². The van der Waals surface area contributed by atoms with Crippen LogP contribution >= 0.6 is 0 Å². The summed E-state index contributed by atoms with van der Waals surface area (Å²) in [4.78, 5) is 0. The van der Waals surface area contributed by atoms with Gasteiger partial charge in [0.15, 0.2) is 0 Å². The van der Waals surface area contributed by atoms with Crippen LogP contribution in [0, 0.1) is 24.7 Å². The van der Waals surface area contributed by atoms with E-state index in [-0.39, 0.29) is 0 Å². The summed E-state index contributed by atoms with van der Waals surface area (Å²) < 4.78 is 2.40. The van der Waals surface area contributed by atoms with Crippen LogP contribution in [0.2, 0.25) is 0 Å². The molecular weight excluding hydrogens is 278 g/mol. The van der Waals surface area contributed by atoms with Gasteiger partial charge in [-0.15, -0.1) is 12.8 Å². The van der Waals surface area contributed by atoms with Crippen LogP contribution in [-0.4, -0.2) is 4.57 Å². The summed E-state index contributed by atoms with van der Waals surface area (Å²) >= 11 is 0. The zero-order valence-corrected chi connectivity index (χ0v) is 13.6. The molecule has 3 aromatic rings. The lowest BCUT2D eigenvalue weighted by molar-refractivity contribution is 0.602. The Bertz CT molecular complexity index is 857. The molecule has 0 saturated heterocycles. The lowest BCUT2D eigenvalue weighted by Gasteiger charge is -2.07. The molecule has 0 saturated carbocycles. The predicted molar refractivity (Wildman–Crippen MR) is 99.5 cm³/mol. The Morgan fingerprint density at radius 2 is 1.39 bits per heavy atom. The minimum absolute atomic E-state index is 0.911. The molecule has 1 heterocycles. The quantitative estimate of drug-likeness (QED) is 0.443. The first-order valence-electron chi connectivity index (χ1n) is 8.27. The van der Waals surface area contributed by atoms with E-state index in [1.54, 1.807) is 0 Å². The van der Waals surface area contributed by atoms with Gasteiger partial charge in [-0.1, -0.05) is 38.0 Å². The summed E-state index contributed by atoms with van der Waals surface area (Å²) in [6.45, 7) is 3.27. The number of fused-ring (bicyclic) bond motifs is 3. The molecule has 0 amide bonds. The number of hydrogen-bond acceptors (Lipinski definition) is 0. The third-order valence-corrected chi connectivity index (χ3v) is 4.43. The van der Waals surface area contributed by atoms with Gasteiger partial charge in [0, 0.05) is 39.5 Å². The van der Waals surface area contributed by atoms with Crippen molar-refractivity contribution >= 4 is 21.8 Å². The van der Waals surface area contributed by atoms with Gasteiger partial charge in [-0.05, 0) is 42.8 Å². The van der Waals surface area contributed by atoms with Crippen molar-refractivity contribution in [1.29, 1.82) is 0 Å². The second-order valence-corrected chi connectivity index (χ2v) is 5.96. The van der Waals surface area contributed by atoms with Crippen LogP contribution in [0.3, 0.4) is 0 Å². The van der Waals surface area contributed by atoms with Crippen LogP contribution in [0.15, 0.2) is 36.4 Å². The predicted octanol–water partition coefficient (Wildman–Crippen LogP) is 5.34. The number of terminal acetylenes is 2. The summed E-state index contributed by atoms with van der Waals surface area (Å²) in [6.07, 6.45) is 16.2. The van der Waals surface area contributed by atoms with Gasteiger partial charge in [0.1, 0.15) is 0 Å². The third-order valence-electron chi connectivity index (χ3n) is 4.43. The van der Waals surface area contributed by atoms with E-state index in [1.165, 1.54) is 47.5 Å². The molecule has 0 atom stereocenters. The number of aryl methyl sites for hydroxylation is 1. The average molecular weight is 299 g/mol. The Morgan fingerprint density at radius 3 is 1.87 bits per heavy atom. The van der Waals surface area contributed by atoms with E-state index in [4.69, 9.17) is 12.8 Å². The van der Waals surface area contributed by atoms with Crippen molar-refractivity contribution < 1.29 is 0 Å². The maximum absolute atomic E-state index is 5.57.